The fourth-order valence-electron chi connectivity index (χ4n) is 6.22. The number of amides is 2. The van der Waals surface area contributed by atoms with Gasteiger partial charge in [-0.15, -0.1) is 0 Å². The monoisotopic (exact) mass is 667 g/mol. The van der Waals surface area contributed by atoms with Gasteiger partial charge in [-0.2, -0.15) is 0 Å². The zero-order valence-electron chi connectivity index (χ0n) is 29.2. The Balaban J connectivity index is 1.50. The molecule has 11 nitrogen and oxygen atoms in total. The molecule has 6 N–H and O–H groups in total. The molecule has 264 valence electrons. The molecule has 5 atom stereocenters. The normalized spacial score (nSPS) is 23.8. The van der Waals surface area contributed by atoms with Gasteiger partial charge in [-0.05, 0) is 74.4 Å². The van der Waals surface area contributed by atoms with Crippen molar-refractivity contribution in [2.45, 2.75) is 89.9 Å². The van der Waals surface area contributed by atoms with Crippen molar-refractivity contribution in [3.8, 4) is 5.75 Å². The Bertz CT molecular complexity index is 1450. The van der Waals surface area contributed by atoms with E-state index in [1.165, 1.54) is 7.11 Å². The van der Waals surface area contributed by atoms with Gasteiger partial charge in [-0.1, -0.05) is 50.3 Å². The number of carbonyl (C=O) groups excluding carboxylic acids is 2. The predicted octanol–water partition coefficient (Wildman–Crippen LogP) is 2.29. The van der Waals surface area contributed by atoms with Crippen molar-refractivity contribution in [3.63, 3.8) is 0 Å². The van der Waals surface area contributed by atoms with E-state index in [0.29, 0.717) is 30.8 Å². The van der Waals surface area contributed by atoms with E-state index in [0.717, 1.165) is 35.3 Å². The van der Waals surface area contributed by atoms with E-state index in [-0.39, 0.29) is 17.7 Å². The van der Waals surface area contributed by atoms with Crippen molar-refractivity contribution in [1.29, 1.82) is 0 Å². The maximum Gasteiger partial charge on any atom is 0.247 e. The molecule has 2 aromatic carbocycles. The van der Waals surface area contributed by atoms with Crippen molar-refractivity contribution in [2.24, 2.45) is 5.41 Å². The third-order valence-electron chi connectivity index (χ3n) is 9.33. The molecule has 0 aromatic heterocycles. The minimum Gasteiger partial charge on any atom is -0.496 e. The lowest BCUT2D eigenvalue weighted by Crippen LogP contribution is -2.60. The SMILES string of the molecule is COc1cc(C(C)C)c(Cc2ccc(/C=C/C(C)(C)C(=O)NC(C)(C)C(=O)N3CCNCC3)cc2)cc1[C@@H]1O[C@H](CO)[C@@H](O)[C@H](O)[C@H]1O. The van der Waals surface area contributed by atoms with Gasteiger partial charge in [0, 0.05) is 31.7 Å². The quantitative estimate of drug-likeness (QED) is 0.211. The Morgan fingerprint density at radius 3 is 2.27 bits per heavy atom. The van der Waals surface area contributed by atoms with Gasteiger partial charge < -0.3 is 45.4 Å². The second-order valence-corrected chi connectivity index (χ2v) is 14.3. The topological polar surface area (TPSA) is 161 Å². The second kappa shape index (κ2) is 15.5. The van der Waals surface area contributed by atoms with Crippen molar-refractivity contribution in [2.75, 3.05) is 39.9 Å². The van der Waals surface area contributed by atoms with Crippen LogP contribution in [0.25, 0.3) is 6.08 Å². The summed E-state index contributed by atoms with van der Waals surface area (Å²) in [6.45, 7) is 13.5. The highest BCUT2D eigenvalue weighted by atomic mass is 16.5. The van der Waals surface area contributed by atoms with Gasteiger partial charge in [0.15, 0.2) is 0 Å². The molecular weight excluding hydrogens is 614 g/mol. The number of piperazine rings is 1. The van der Waals surface area contributed by atoms with Gasteiger partial charge in [0.25, 0.3) is 0 Å². The van der Waals surface area contributed by atoms with Crippen LogP contribution in [0.1, 0.15) is 81.4 Å². The highest BCUT2D eigenvalue weighted by Crippen LogP contribution is 2.40. The first kappa shape index (κ1) is 37.5. The fraction of sp³-hybridized carbons (Fsp3) is 0.568. The van der Waals surface area contributed by atoms with Gasteiger partial charge in [0.2, 0.25) is 11.8 Å². The molecule has 2 saturated heterocycles. The summed E-state index contributed by atoms with van der Waals surface area (Å²) in [5.74, 6) is 0.311. The average molecular weight is 668 g/mol. The average Bonchev–Trinajstić information content (AvgIpc) is 3.06. The summed E-state index contributed by atoms with van der Waals surface area (Å²) in [7, 11) is 1.53. The third kappa shape index (κ3) is 8.45. The summed E-state index contributed by atoms with van der Waals surface area (Å²) < 4.78 is 11.5. The van der Waals surface area contributed by atoms with Crippen LogP contribution in [-0.4, -0.2) is 107 Å². The molecule has 2 fully saturated rings. The lowest BCUT2D eigenvalue weighted by Gasteiger charge is -2.40. The van der Waals surface area contributed by atoms with E-state index in [2.05, 4.69) is 24.5 Å². The van der Waals surface area contributed by atoms with Crippen LogP contribution in [0.5, 0.6) is 5.75 Å². The van der Waals surface area contributed by atoms with Crippen LogP contribution < -0.4 is 15.4 Å². The molecule has 2 heterocycles. The highest BCUT2D eigenvalue weighted by molar-refractivity contribution is 5.93. The van der Waals surface area contributed by atoms with Crippen LogP contribution in [0.15, 0.2) is 42.5 Å². The summed E-state index contributed by atoms with van der Waals surface area (Å²) in [5, 5.41) is 47.5. The van der Waals surface area contributed by atoms with Crippen LogP contribution in [0.4, 0.5) is 0 Å². The standard InChI is InChI=1S/C37H53N3O8/c1-22(2)26-20-28(47-7)27(33-32(44)31(43)30(42)29(21-41)48-33)19-25(26)18-24-10-8-23(9-11-24)12-13-36(3,4)34(45)39-37(5,6)35(46)40-16-14-38-15-17-40/h8-13,19-20,22,29-33,38,41-44H,14-18,21H2,1-7H3,(H,39,45)/b13-12+/t29-,30-,31+,32-,33+/m1/s1. The molecule has 2 amide bonds. The lowest BCUT2D eigenvalue weighted by molar-refractivity contribution is -0.232. The van der Waals surface area contributed by atoms with E-state index < -0.39 is 48.1 Å². The summed E-state index contributed by atoms with van der Waals surface area (Å²) in [5.41, 5.74) is 2.61. The first-order valence-electron chi connectivity index (χ1n) is 16.7. The molecule has 4 rings (SSSR count). The number of nitrogens with one attached hydrogen (secondary N) is 2. The zero-order chi connectivity index (χ0) is 35.4. The van der Waals surface area contributed by atoms with Crippen molar-refractivity contribution >= 4 is 17.9 Å². The maximum atomic E-state index is 13.3. The van der Waals surface area contributed by atoms with Gasteiger partial charge in [0.05, 0.1) is 19.1 Å². The Morgan fingerprint density at radius 2 is 1.69 bits per heavy atom. The Morgan fingerprint density at radius 1 is 1.04 bits per heavy atom. The minimum atomic E-state index is -1.50. The minimum absolute atomic E-state index is 0.0921. The molecule has 2 aromatic rings. The van der Waals surface area contributed by atoms with Gasteiger partial charge in [-0.3, -0.25) is 9.59 Å². The number of methoxy groups -OCH3 is 1. The molecule has 2 aliphatic heterocycles. The molecule has 0 unspecified atom stereocenters. The van der Waals surface area contributed by atoms with Gasteiger partial charge in [-0.25, -0.2) is 0 Å². The summed E-state index contributed by atoms with van der Waals surface area (Å²) in [6.07, 6.45) is -2.12. The van der Waals surface area contributed by atoms with E-state index in [1.54, 1.807) is 18.7 Å². The van der Waals surface area contributed by atoms with Crippen molar-refractivity contribution in [3.05, 3.63) is 70.3 Å². The first-order chi connectivity index (χ1) is 22.6. The van der Waals surface area contributed by atoms with E-state index in [1.807, 2.05) is 62.4 Å². The summed E-state index contributed by atoms with van der Waals surface area (Å²) >= 11 is 0. The molecule has 0 radical (unpaired) electrons. The van der Waals surface area contributed by atoms with Crippen LogP contribution >= 0.6 is 0 Å². The zero-order valence-corrected chi connectivity index (χ0v) is 29.2. The molecule has 48 heavy (non-hydrogen) atoms. The van der Waals surface area contributed by atoms with Gasteiger partial charge >= 0.3 is 0 Å². The van der Waals surface area contributed by atoms with Crippen LogP contribution in [0.2, 0.25) is 0 Å². The number of hydrogen-bond donors (Lipinski definition) is 6. The van der Waals surface area contributed by atoms with E-state index >= 15 is 0 Å². The number of nitrogens with zero attached hydrogens (tertiary/aromatic N) is 1. The van der Waals surface area contributed by atoms with Crippen molar-refractivity contribution < 1.29 is 39.5 Å². The second-order valence-electron chi connectivity index (χ2n) is 14.3. The largest absolute Gasteiger partial charge is 0.496 e. The number of ether oxygens (including phenoxy) is 2. The Kier molecular flexibility index (Phi) is 12.1. The first-order valence-corrected chi connectivity index (χ1v) is 16.7. The van der Waals surface area contributed by atoms with Crippen molar-refractivity contribution in [1.82, 2.24) is 15.5 Å². The lowest BCUT2D eigenvalue weighted by atomic mass is 9.86. The highest BCUT2D eigenvalue weighted by Gasteiger charge is 2.45. The van der Waals surface area contributed by atoms with Crippen LogP contribution in [0, 0.1) is 5.41 Å². The number of hydrogen-bond acceptors (Lipinski definition) is 9. The predicted molar refractivity (Wildman–Crippen MR) is 184 cm³/mol. The van der Waals surface area contributed by atoms with E-state index in [9.17, 15) is 30.0 Å². The number of carbonyl (C=O) groups is 2. The molecular formula is C37H53N3O8. The molecule has 2 aliphatic rings. The molecule has 0 aliphatic carbocycles. The smallest absolute Gasteiger partial charge is 0.247 e. The summed E-state index contributed by atoms with van der Waals surface area (Å²) in [6, 6.07) is 11.8. The molecule has 0 spiro atoms. The Hall–Kier alpha value is -3.32. The number of aliphatic hydroxyl groups excluding tert-OH is 4. The number of rotatable bonds is 11. The van der Waals surface area contributed by atoms with Crippen LogP contribution in [-0.2, 0) is 20.7 Å². The number of aliphatic hydroxyl groups is 4. The molecule has 0 bridgehead atoms. The fourth-order valence-corrected chi connectivity index (χ4v) is 6.22. The maximum absolute atomic E-state index is 13.3. The van der Waals surface area contributed by atoms with Gasteiger partial charge in [0.1, 0.15) is 41.8 Å². The van der Waals surface area contributed by atoms with E-state index in [4.69, 9.17) is 9.47 Å². The Labute approximate surface area is 283 Å². The third-order valence-corrected chi connectivity index (χ3v) is 9.33. The number of benzene rings is 2. The summed E-state index contributed by atoms with van der Waals surface area (Å²) in [4.78, 5) is 28.2. The molecule has 0 saturated carbocycles. The van der Waals surface area contributed by atoms with Crippen LogP contribution in [0.3, 0.4) is 0 Å². The molecule has 11 heteroatoms.